The fourth-order valence-electron chi connectivity index (χ4n) is 7.21. The fraction of sp³-hybridized carbons (Fsp3) is 0.800. The number of hydrogen-bond acceptors (Lipinski definition) is 19. The number of amides is 2. The summed E-state index contributed by atoms with van der Waals surface area (Å²) >= 11 is 1.13. The molecule has 69 heavy (non-hydrogen) atoms. The van der Waals surface area contributed by atoms with E-state index in [9.17, 15) is 63.0 Å². The van der Waals surface area contributed by atoms with Gasteiger partial charge in [0.05, 0.1) is 25.6 Å². The molecule has 1 aliphatic rings. The van der Waals surface area contributed by atoms with Crippen LogP contribution in [0.2, 0.25) is 0 Å². The van der Waals surface area contributed by atoms with E-state index < -0.39 is 84.6 Å². The summed E-state index contributed by atoms with van der Waals surface area (Å²) in [6, 6.07) is 0. The zero-order valence-electron chi connectivity index (χ0n) is 39.4. The number of carbonyl (C=O) groups excluding carboxylic acids is 3. The van der Waals surface area contributed by atoms with Crippen molar-refractivity contribution in [2.75, 3.05) is 37.8 Å². The van der Waals surface area contributed by atoms with E-state index in [2.05, 4.69) is 41.3 Å². The Balaban J connectivity index is 1.28. The number of anilines is 1. The number of phosphoric acid groups is 3. The quantitative estimate of drug-likeness (QED) is 0.0336. The first-order chi connectivity index (χ1) is 32.4. The number of unbranched alkanes of at least 4 members (excludes halogenated alkanes) is 11. The van der Waals surface area contributed by atoms with Gasteiger partial charge in [-0.05, 0) is 19.3 Å². The Morgan fingerprint density at radius 3 is 2.10 bits per heavy atom. The van der Waals surface area contributed by atoms with Gasteiger partial charge in [-0.2, -0.15) is 4.31 Å². The fourth-order valence-corrected chi connectivity index (χ4v) is 10.8. The molecule has 25 nitrogen and oxygen atoms in total. The van der Waals surface area contributed by atoms with E-state index in [1.54, 1.807) is 0 Å². The largest absolute Gasteiger partial charge is 0.481 e. The van der Waals surface area contributed by atoms with E-state index >= 15 is 0 Å². The number of thioether (sulfide) groups is 1. The van der Waals surface area contributed by atoms with E-state index in [1.165, 1.54) is 46.0 Å². The molecular formula is C40H72N7O18P3S. The molecule has 1 saturated heterocycles. The van der Waals surface area contributed by atoms with Crippen molar-refractivity contribution in [2.45, 2.75) is 167 Å². The first kappa shape index (κ1) is 60.8. The standard InChI is InChI=1S/C40H72N7O18P3S/c1-4-5-6-7-11-14-17-28(48)18-15-12-9-8-10-13-16-19-31(50)69-23-22-42-30(49)20-21-43-38(53)35(52)40(2,3)25-62-68(59,60)65-67(57,58)61-24-29-34(64-66(54,55)56)33(51)39(63-29)47-27-46-32-36(41)44-26-45-37(32)47/h26-29,33-35,39,48,51-52H,4-25H2,1-3H3,(H,42,49)(H,43,53)(H,57,58)(H,59,60)(H2,41,44,45)(H2,54,55,56). The van der Waals surface area contributed by atoms with Gasteiger partial charge in [0.1, 0.15) is 36.3 Å². The molecule has 0 bridgehead atoms. The average molecular weight is 1060 g/mol. The van der Waals surface area contributed by atoms with E-state index in [0.29, 0.717) is 12.2 Å². The Hall–Kier alpha value is -2.48. The number of aromatic nitrogens is 4. The maximum absolute atomic E-state index is 12.7. The number of aliphatic hydroxyl groups is 3. The van der Waals surface area contributed by atoms with E-state index in [4.69, 9.17) is 19.5 Å². The highest BCUT2D eigenvalue weighted by Crippen LogP contribution is 2.61. The smallest absolute Gasteiger partial charge is 0.393 e. The molecule has 8 atom stereocenters. The molecule has 1 aliphatic heterocycles. The van der Waals surface area contributed by atoms with Crippen LogP contribution in [0.1, 0.15) is 136 Å². The predicted octanol–water partition coefficient (Wildman–Crippen LogP) is 4.29. The van der Waals surface area contributed by atoms with Crippen LogP contribution in [0.5, 0.6) is 0 Å². The molecule has 2 amide bonds. The number of carbonyl (C=O) groups is 3. The van der Waals surface area contributed by atoms with Gasteiger partial charge in [0.25, 0.3) is 0 Å². The lowest BCUT2D eigenvalue weighted by atomic mass is 9.87. The SMILES string of the molecule is CCCCCCCCC(O)CCCCCCCCCC(=O)SCCNC(=O)CCNC(=O)C(O)C(C)(C)COP(=O)(O)OP(=O)(O)OCC1OC(n2cnc3c(N)ncnc32)C(O)C1OP(=O)(O)O. The Bertz CT molecular complexity index is 2050. The van der Waals surface area contributed by atoms with Crippen LogP contribution in [0.4, 0.5) is 5.82 Å². The summed E-state index contributed by atoms with van der Waals surface area (Å²) in [5, 5.41) is 36.8. The topological polar surface area (TPSA) is 384 Å². The third kappa shape index (κ3) is 22.9. The molecule has 396 valence electrons. The minimum atomic E-state index is -5.58. The maximum atomic E-state index is 12.7. The first-order valence-electron chi connectivity index (χ1n) is 23.2. The molecule has 0 spiro atoms. The van der Waals surface area contributed by atoms with Crippen molar-refractivity contribution in [3.63, 3.8) is 0 Å². The van der Waals surface area contributed by atoms with Crippen LogP contribution in [0.25, 0.3) is 11.2 Å². The molecule has 2 aromatic heterocycles. The van der Waals surface area contributed by atoms with E-state index in [0.717, 1.165) is 93.2 Å². The number of ether oxygens (including phenoxy) is 1. The molecule has 0 saturated carbocycles. The number of aliphatic hydroxyl groups excluding tert-OH is 3. The van der Waals surface area contributed by atoms with Gasteiger partial charge in [0.15, 0.2) is 22.8 Å². The number of nitrogens with two attached hydrogens (primary N) is 1. The number of phosphoric ester groups is 3. The Morgan fingerprint density at radius 2 is 1.46 bits per heavy atom. The molecule has 0 radical (unpaired) electrons. The summed E-state index contributed by atoms with van der Waals surface area (Å²) in [5.41, 5.74) is 4.28. The van der Waals surface area contributed by atoms with Crippen LogP contribution in [0, 0.1) is 5.41 Å². The summed E-state index contributed by atoms with van der Waals surface area (Å²) in [6.07, 6.45) is 9.66. The van der Waals surface area contributed by atoms with E-state index in [-0.39, 0.29) is 47.7 Å². The minimum Gasteiger partial charge on any atom is -0.393 e. The lowest BCUT2D eigenvalue weighted by Gasteiger charge is -2.30. The highest BCUT2D eigenvalue weighted by Gasteiger charge is 2.50. The summed E-state index contributed by atoms with van der Waals surface area (Å²) < 4.78 is 62.4. The normalized spacial score (nSPS) is 20.3. The second kappa shape index (κ2) is 29.9. The number of nitrogens with one attached hydrogen (secondary N) is 2. The van der Waals surface area contributed by atoms with Gasteiger partial charge in [-0.1, -0.05) is 110 Å². The molecule has 1 fully saturated rings. The van der Waals surface area contributed by atoms with Crippen molar-refractivity contribution in [2.24, 2.45) is 5.41 Å². The summed E-state index contributed by atoms with van der Waals surface area (Å²) in [6.45, 7) is 2.74. The molecule has 2 aromatic rings. The van der Waals surface area contributed by atoms with E-state index in [1.807, 2.05) is 0 Å². The zero-order chi connectivity index (χ0) is 51.3. The van der Waals surface area contributed by atoms with Gasteiger partial charge in [-0.3, -0.25) is 32.5 Å². The van der Waals surface area contributed by atoms with Crippen molar-refractivity contribution < 1.29 is 85.6 Å². The van der Waals surface area contributed by atoms with Crippen LogP contribution >= 0.6 is 35.2 Å². The van der Waals surface area contributed by atoms with Gasteiger partial charge in [0.2, 0.25) is 11.8 Å². The van der Waals surface area contributed by atoms with Crippen molar-refractivity contribution in [1.29, 1.82) is 0 Å². The summed E-state index contributed by atoms with van der Waals surface area (Å²) in [4.78, 5) is 88.4. The molecule has 29 heteroatoms. The molecule has 3 heterocycles. The van der Waals surface area contributed by atoms with Crippen molar-refractivity contribution in [3.8, 4) is 0 Å². The number of hydrogen-bond donors (Lipinski definition) is 10. The van der Waals surface area contributed by atoms with Crippen molar-refractivity contribution in [1.82, 2.24) is 30.2 Å². The van der Waals surface area contributed by atoms with Crippen molar-refractivity contribution in [3.05, 3.63) is 12.7 Å². The second-order valence-electron chi connectivity index (χ2n) is 17.5. The van der Waals surface area contributed by atoms with Gasteiger partial charge in [0, 0.05) is 37.1 Å². The molecule has 11 N–H and O–H groups in total. The van der Waals surface area contributed by atoms with Crippen LogP contribution in [0.3, 0.4) is 0 Å². The average Bonchev–Trinajstić information content (AvgIpc) is 3.83. The minimum absolute atomic E-state index is 0.0307. The van der Waals surface area contributed by atoms with Crippen molar-refractivity contribution >= 4 is 69.1 Å². The summed E-state index contributed by atoms with van der Waals surface area (Å²) in [7, 11) is -16.4. The van der Waals surface area contributed by atoms with Gasteiger partial charge in [-0.15, -0.1) is 0 Å². The van der Waals surface area contributed by atoms with Gasteiger partial charge < -0.3 is 56.0 Å². The molecule has 8 unspecified atom stereocenters. The molecular weight excluding hydrogens is 991 g/mol. The maximum Gasteiger partial charge on any atom is 0.481 e. The second-order valence-corrected chi connectivity index (χ2v) is 22.9. The first-order valence-corrected chi connectivity index (χ1v) is 28.7. The zero-order valence-corrected chi connectivity index (χ0v) is 42.9. The molecule has 0 aliphatic carbocycles. The monoisotopic (exact) mass is 1060 g/mol. The van der Waals surface area contributed by atoms with Gasteiger partial charge >= 0.3 is 23.5 Å². The third-order valence-electron chi connectivity index (χ3n) is 11.1. The number of imidazole rings is 1. The highest BCUT2D eigenvalue weighted by atomic mass is 32.2. The third-order valence-corrected chi connectivity index (χ3v) is 15.1. The van der Waals surface area contributed by atoms with Crippen LogP contribution < -0.4 is 16.4 Å². The number of rotatable bonds is 36. The Kier molecular flexibility index (Phi) is 26.4. The Morgan fingerprint density at radius 1 is 0.855 bits per heavy atom. The lowest BCUT2D eigenvalue weighted by molar-refractivity contribution is -0.137. The lowest BCUT2D eigenvalue weighted by Crippen LogP contribution is -2.46. The van der Waals surface area contributed by atoms with Crippen LogP contribution in [-0.4, -0.2) is 134 Å². The van der Waals surface area contributed by atoms with Crippen LogP contribution in [0.15, 0.2) is 12.7 Å². The molecule has 3 rings (SSSR count). The number of fused-ring (bicyclic) bond motifs is 1. The summed E-state index contributed by atoms with van der Waals surface area (Å²) in [5.74, 6) is -1.06. The Labute approximate surface area is 406 Å². The van der Waals surface area contributed by atoms with Crippen LogP contribution in [-0.2, 0) is 50.7 Å². The molecule has 0 aromatic carbocycles. The number of nitrogens with zero attached hydrogens (tertiary/aromatic N) is 4. The van der Waals surface area contributed by atoms with Gasteiger partial charge in [-0.25, -0.2) is 28.6 Å². The number of nitrogen functional groups attached to an aromatic ring is 1. The predicted molar refractivity (Wildman–Crippen MR) is 253 cm³/mol. The highest BCUT2D eigenvalue weighted by molar-refractivity contribution is 8.13.